The van der Waals surface area contributed by atoms with E-state index in [-0.39, 0.29) is 5.41 Å². The van der Waals surface area contributed by atoms with E-state index in [9.17, 15) is 0 Å². The smallest absolute Gasteiger partial charge is 0.161 e. The van der Waals surface area contributed by atoms with Crippen LogP contribution in [0.1, 0.15) is 30.5 Å². The zero-order valence-electron chi connectivity index (χ0n) is 17.5. The average molecular weight is 391 g/mol. The Hall–Kier alpha value is -3.46. The molecule has 0 N–H and O–H groups in total. The number of para-hydroxylation sites is 1. The van der Waals surface area contributed by atoms with Crippen molar-refractivity contribution in [3.05, 3.63) is 71.3 Å². The summed E-state index contributed by atoms with van der Waals surface area (Å²) in [5.41, 5.74) is 11.0. The van der Waals surface area contributed by atoms with Crippen LogP contribution >= 0.6 is 0 Å². The standard InChI is InChI=1S/C27H21NO2/c1-14-8-10-16-20(12-14)27(2,3)22-18-6-5-7-19-23(18)28(24(16)22)25-17-11-9-15(29-4)13-21(17)30-26(19)25/h5-13H,1-4H3. The maximum atomic E-state index is 6.40. The molecule has 3 nitrogen and oxygen atoms in total. The molecule has 3 aromatic heterocycles. The summed E-state index contributed by atoms with van der Waals surface area (Å²) < 4.78 is 14.3. The first-order valence-corrected chi connectivity index (χ1v) is 10.4. The lowest BCUT2D eigenvalue weighted by Gasteiger charge is -2.21. The maximum absolute atomic E-state index is 6.40. The van der Waals surface area contributed by atoms with E-state index in [2.05, 4.69) is 67.6 Å². The van der Waals surface area contributed by atoms with Crippen molar-refractivity contribution in [3.8, 4) is 17.0 Å². The zero-order valence-corrected chi connectivity index (χ0v) is 17.5. The molecule has 3 heterocycles. The Morgan fingerprint density at radius 1 is 0.900 bits per heavy atom. The van der Waals surface area contributed by atoms with Crippen LogP contribution in [0.5, 0.6) is 5.75 Å². The fourth-order valence-corrected chi connectivity index (χ4v) is 5.74. The number of aryl methyl sites for hydroxylation is 1. The molecule has 1 aliphatic carbocycles. The number of benzene rings is 3. The number of rotatable bonds is 1. The topological polar surface area (TPSA) is 26.8 Å². The predicted molar refractivity (Wildman–Crippen MR) is 122 cm³/mol. The highest BCUT2D eigenvalue weighted by molar-refractivity contribution is 6.22. The number of aromatic nitrogens is 1. The predicted octanol–water partition coefficient (Wildman–Crippen LogP) is 7.05. The highest BCUT2D eigenvalue weighted by Crippen LogP contribution is 2.55. The monoisotopic (exact) mass is 391 g/mol. The molecule has 0 saturated carbocycles. The third-order valence-electron chi connectivity index (χ3n) is 7.06. The van der Waals surface area contributed by atoms with Crippen molar-refractivity contribution in [1.82, 2.24) is 4.40 Å². The summed E-state index contributed by atoms with van der Waals surface area (Å²) in [4.78, 5) is 0. The van der Waals surface area contributed by atoms with Crippen molar-refractivity contribution < 1.29 is 9.15 Å². The highest BCUT2D eigenvalue weighted by Gasteiger charge is 2.41. The van der Waals surface area contributed by atoms with Gasteiger partial charge in [-0.05, 0) is 36.2 Å². The quantitative estimate of drug-likeness (QED) is 0.300. The molecule has 0 unspecified atom stereocenters. The van der Waals surface area contributed by atoms with Gasteiger partial charge in [0.1, 0.15) is 16.8 Å². The van der Waals surface area contributed by atoms with Gasteiger partial charge in [0.25, 0.3) is 0 Å². The van der Waals surface area contributed by atoms with Crippen LogP contribution in [0.3, 0.4) is 0 Å². The molecule has 7 rings (SSSR count). The second-order valence-electron chi connectivity index (χ2n) is 9.08. The van der Waals surface area contributed by atoms with Gasteiger partial charge >= 0.3 is 0 Å². The summed E-state index contributed by atoms with van der Waals surface area (Å²) in [5.74, 6) is 0.813. The van der Waals surface area contributed by atoms with E-state index in [1.165, 1.54) is 44.2 Å². The highest BCUT2D eigenvalue weighted by atomic mass is 16.5. The number of hydrogen-bond acceptors (Lipinski definition) is 2. The van der Waals surface area contributed by atoms with Gasteiger partial charge in [-0.3, -0.25) is 0 Å². The minimum absolute atomic E-state index is 0.0426. The van der Waals surface area contributed by atoms with Crippen LogP contribution in [0.15, 0.2) is 59.0 Å². The van der Waals surface area contributed by atoms with E-state index in [0.29, 0.717) is 0 Å². The Morgan fingerprint density at radius 2 is 1.73 bits per heavy atom. The van der Waals surface area contributed by atoms with E-state index >= 15 is 0 Å². The number of ether oxygens (including phenoxy) is 1. The molecule has 0 radical (unpaired) electrons. The third kappa shape index (κ3) is 1.66. The van der Waals surface area contributed by atoms with E-state index in [1.807, 2.05) is 12.1 Å². The van der Waals surface area contributed by atoms with Crippen molar-refractivity contribution >= 4 is 38.4 Å². The van der Waals surface area contributed by atoms with Crippen molar-refractivity contribution in [3.63, 3.8) is 0 Å². The molecule has 146 valence electrons. The summed E-state index contributed by atoms with van der Waals surface area (Å²) in [7, 11) is 1.69. The maximum Gasteiger partial charge on any atom is 0.161 e. The Kier molecular flexibility index (Phi) is 2.72. The molecule has 0 aliphatic heterocycles. The van der Waals surface area contributed by atoms with Gasteiger partial charge in [-0.25, -0.2) is 0 Å². The van der Waals surface area contributed by atoms with Gasteiger partial charge in [-0.15, -0.1) is 0 Å². The van der Waals surface area contributed by atoms with E-state index in [0.717, 1.165) is 27.8 Å². The third-order valence-corrected chi connectivity index (χ3v) is 7.06. The molecule has 0 saturated heterocycles. The molecule has 0 amide bonds. The molecular formula is C27H21NO2. The van der Waals surface area contributed by atoms with E-state index < -0.39 is 0 Å². The van der Waals surface area contributed by atoms with Crippen molar-refractivity contribution in [2.75, 3.05) is 7.11 Å². The first-order chi connectivity index (χ1) is 14.5. The molecule has 0 atom stereocenters. The molecule has 0 spiro atoms. The number of furan rings is 1. The lowest BCUT2D eigenvalue weighted by atomic mass is 9.81. The van der Waals surface area contributed by atoms with Gasteiger partial charge in [-0.1, -0.05) is 49.7 Å². The van der Waals surface area contributed by atoms with Crippen molar-refractivity contribution in [1.29, 1.82) is 0 Å². The van der Waals surface area contributed by atoms with Gasteiger partial charge in [0.05, 0.1) is 18.3 Å². The van der Waals surface area contributed by atoms with Gasteiger partial charge in [0, 0.05) is 33.2 Å². The summed E-state index contributed by atoms with van der Waals surface area (Å²) in [6.07, 6.45) is 0. The first kappa shape index (κ1) is 16.3. The van der Waals surface area contributed by atoms with Crippen molar-refractivity contribution in [2.24, 2.45) is 0 Å². The lowest BCUT2D eigenvalue weighted by Crippen LogP contribution is -2.15. The Labute approximate surface area is 173 Å². The molecule has 0 fully saturated rings. The minimum Gasteiger partial charge on any atom is -0.497 e. The Morgan fingerprint density at radius 3 is 2.57 bits per heavy atom. The number of fused-ring (bicyclic) bond motifs is 10. The fourth-order valence-electron chi connectivity index (χ4n) is 5.74. The molecule has 30 heavy (non-hydrogen) atoms. The summed E-state index contributed by atoms with van der Waals surface area (Å²) >= 11 is 0. The number of nitrogens with zero attached hydrogens (tertiary/aromatic N) is 1. The van der Waals surface area contributed by atoms with Gasteiger partial charge in [0.2, 0.25) is 0 Å². The normalized spacial score (nSPS) is 14.9. The van der Waals surface area contributed by atoms with E-state index in [1.54, 1.807) is 7.11 Å². The zero-order chi connectivity index (χ0) is 20.4. The van der Waals surface area contributed by atoms with Crippen LogP contribution in [0.4, 0.5) is 0 Å². The van der Waals surface area contributed by atoms with Gasteiger partial charge in [-0.2, -0.15) is 0 Å². The molecular weight excluding hydrogens is 370 g/mol. The molecule has 3 heteroatoms. The van der Waals surface area contributed by atoms with Crippen molar-refractivity contribution in [2.45, 2.75) is 26.2 Å². The Balaban J connectivity index is 1.77. The molecule has 1 aliphatic rings. The fraction of sp³-hybridized carbons (Fsp3) is 0.185. The van der Waals surface area contributed by atoms with Crippen LogP contribution < -0.4 is 4.74 Å². The molecule has 3 aromatic carbocycles. The number of hydrogen-bond donors (Lipinski definition) is 0. The SMILES string of the molecule is COc1ccc2c(c1)oc1c3cccc4c5c(n(c43)c21)-c1ccc(C)cc1C5(C)C. The second kappa shape index (κ2) is 4.99. The molecule has 6 aromatic rings. The Bertz CT molecular complexity index is 1660. The molecule has 0 bridgehead atoms. The van der Waals surface area contributed by atoms with E-state index in [4.69, 9.17) is 9.15 Å². The lowest BCUT2D eigenvalue weighted by molar-refractivity contribution is 0.414. The summed E-state index contributed by atoms with van der Waals surface area (Å²) in [5, 5.41) is 3.63. The first-order valence-electron chi connectivity index (χ1n) is 10.4. The summed E-state index contributed by atoms with van der Waals surface area (Å²) in [6.45, 7) is 6.89. The largest absolute Gasteiger partial charge is 0.497 e. The summed E-state index contributed by atoms with van der Waals surface area (Å²) in [6, 6.07) is 19.6. The second-order valence-corrected chi connectivity index (χ2v) is 9.08. The minimum atomic E-state index is -0.0426. The van der Waals surface area contributed by atoms with Crippen LogP contribution in [-0.4, -0.2) is 11.5 Å². The van der Waals surface area contributed by atoms with Crippen LogP contribution in [0.2, 0.25) is 0 Å². The van der Waals surface area contributed by atoms with Crippen LogP contribution in [0.25, 0.3) is 49.6 Å². The average Bonchev–Trinajstić information content (AvgIpc) is 3.42. The number of methoxy groups -OCH3 is 1. The van der Waals surface area contributed by atoms with Gasteiger partial charge in [0.15, 0.2) is 5.58 Å². The van der Waals surface area contributed by atoms with Gasteiger partial charge < -0.3 is 13.6 Å². The van der Waals surface area contributed by atoms with Crippen LogP contribution in [0, 0.1) is 6.92 Å². The van der Waals surface area contributed by atoms with Crippen LogP contribution in [-0.2, 0) is 5.41 Å².